The maximum absolute atomic E-state index is 12.6. The van der Waals surface area contributed by atoms with Gasteiger partial charge in [0.2, 0.25) is 0 Å². The van der Waals surface area contributed by atoms with Crippen LogP contribution in [-0.4, -0.2) is 12.2 Å². The molecule has 0 atom stereocenters. The molecule has 1 N–H and O–H groups in total. The molecule has 3 rings (SSSR count). The number of nitrogens with one attached hydrogen (secondary N) is 1. The van der Waals surface area contributed by atoms with Crippen molar-refractivity contribution in [3.63, 3.8) is 0 Å². The highest BCUT2D eigenvalue weighted by atomic mass is 16.2. The molecule has 4 heteroatoms. The van der Waals surface area contributed by atoms with Crippen LogP contribution in [0.2, 0.25) is 0 Å². The molecule has 0 aliphatic carbocycles. The van der Waals surface area contributed by atoms with Gasteiger partial charge in [0.1, 0.15) is 0 Å². The Bertz CT molecular complexity index is 818. The standard InChI is InChI=1S/C21H19N3O/c25-21(22-16-18-10-4-1-5-11-18)24(20-14-8-3-9-15-20)23-17-19-12-6-2-7-13-19/h1-15,17H,16H2,(H,22,25)/b23-17+. The van der Waals surface area contributed by atoms with Crippen LogP contribution in [0, 0.1) is 0 Å². The van der Waals surface area contributed by atoms with E-state index in [1.54, 1.807) is 6.21 Å². The maximum atomic E-state index is 12.6. The van der Waals surface area contributed by atoms with E-state index in [-0.39, 0.29) is 6.03 Å². The molecule has 3 aromatic rings. The van der Waals surface area contributed by atoms with Gasteiger partial charge in [-0.1, -0.05) is 78.9 Å². The molecule has 124 valence electrons. The summed E-state index contributed by atoms with van der Waals surface area (Å²) >= 11 is 0. The SMILES string of the molecule is O=C(NCc1ccccc1)N(/N=C/c1ccccc1)c1ccccc1. The fourth-order valence-corrected chi connectivity index (χ4v) is 2.32. The van der Waals surface area contributed by atoms with Crippen molar-refractivity contribution in [3.05, 3.63) is 102 Å². The van der Waals surface area contributed by atoms with Crippen LogP contribution >= 0.6 is 0 Å². The Balaban J connectivity index is 1.76. The first-order valence-corrected chi connectivity index (χ1v) is 8.09. The van der Waals surface area contributed by atoms with Crippen molar-refractivity contribution in [1.82, 2.24) is 5.32 Å². The number of benzene rings is 3. The van der Waals surface area contributed by atoms with E-state index in [9.17, 15) is 4.79 Å². The summed E-state index contributed by atoms with van der Waals surface area (Å²) in [6, 6.07) is 28.6. The Morgan fingerprint density at radius 1 is 0.840 bits per heavy atom. The molecule has 0 bridgehead atoms. The average Bonchev–Trinajstić information content (AvgIpc) is 2.69. The van der Waals surface area contributed by atoms with Gasteiger partial charge in [-0.05, 0) is 23.3 Å². The minimum atomic E-state index is -0.276. The van der Waals surface area contributed by atoms with Crippen LogP contribution in [0.15, 0.2) is 96.1 Å². The van der Waals surface area contributed by atoms with E-state index in [1.165, 1.54) is 5.01 Å². The van der Waals surface area contributed by atoms with E-state index in [4.69, 9.17) is 0 Å². The average molecular weight is 329 g/mol. The number of amides is 2. The molecular formula is C21H19N3O. The number of carbonyl (C=O) groups excluding carboxylic acids is 1. The maximum Gasteiger partial charge on any atom is 0.342 e. The smallest absolute Gasteiger partial charge is 0.332 e. The quantitative estimate of drug-likeness (QED) is 0.546. The van der Waals surface area contributed by atoms with Crippen LogP contribution in [0.25, 0.3) is 0 Å². The summed E-state index contributed by atoms with van der Waals surface area (Å²) in [5.74, 6) is 0. The van der Waals surface area contributed by atoms with Crippen molar-refractivity contribution in [2.45, 2.75) is 6.54 Å². The molecule has 0 aliphatic heterocycles. The molecule has 0 heterocycles. The molecule has 0 aromatic heterocycles. The first kappa shape index (κ1) is 16.5. The first-order chi connectivity index (χ1) is 12.3. The molecule has 0 spiro atoms. The number of urea groups is 1. The van der Waals surface area contributed by atoms with Crippen LogP contribution in [0.5, 0.6) is 0 Å². The van der Waals surface area contributed by atoms with Gasteiger partial charge in [0.25, 0.3) is 0 Å². The molecule has 0 fully saturated rings. The van der Waals surface area contributed by atoms with Crippen LogP contribution in [0.3, 0.4) is 0 Å². The van der Waals surface area contributed by atoms with E-state index in [0.717, 1.165) is 11.1 Å². The van der Waals surface area contributed by atoms with Crippen molar-refractivity contribution >= 4 is 17.9 Å². The minimum Gasteiger partial charge on any atom is -0.332 e. The molecule has 0 radical (unpaired) electrons. The van der Waals surface area contributed by atoms with Crippen LogP contribution < -0.4 is 10.3 Å². The second-order valence-electron chi connectivity index (χ2n) is 5.45. The Morgan fingerprint density at radius 3 is 2.04 bits per heavy atom. The zero-order valence-electron chi connectivity index (χ0n) is 13.7. The Hall–Kier alpha value is -3.40. The number of hydrogen-bond acceptors (Lipinski definition) is 2. The van der Waals surface area contributed by atoms with Gasteiger partial charge in [0.15, 0.2) is 0 Å². The number of para-hydroxylation sites is 1. The molecule has 4 nitrogen and oxygen atoms in total. The normalized spacial score (nSPS) is 10.6. The fourth-order valence-electron chi connectivity index (χ4n) is 2.32. The summed E-state index contributed by atoms with van der Waals surface area (Å²) in [7, 11) is 0. The third kappa shape index (κ3) is 4.78. The molecule has 2 amide bonds. The largest absolute Gasteiger partial charge is 0.342 e. The van der Waals surface area contributed by atoms with Crippen LogP contribution in [0.1, 0.15) is 11.1 Å². The fraction of sp³-hybridized carbons (Fsp3) is 0.0476. The predicted molar refractivity (Wildman–Crippen MR) is 102 cm³/mol. The van der Waals surface area contributed by atoms with Gasteiger partial charge in [-0.25, -0.2) is 4.79 Å². The lowest BCUT2D eigenvalue weighted by molar-refractivity contribution is 0.246. The molecule has 0 saturated heterocycles. The number of hydrazone groups is 1. The van der Waals surface area contributed by atoms with Crippen LogP contribution in [0.4, 0.5) is 10.5 Å². The van der Waals surface area contributed by atoms with Crippen molar-refractivity contribution in [2.75, 3.05) is 5.01 Å². The second-order valence-corrected chi connectivity index (χ2v) is 5.45. The second kappa shape index (κ2) is 8.45. The van der Waals surface area contributed by atoms with Crippen molar-refractivity contribution in [3.8, 4) is 0 Å². The van der Waals surface area contributed by atoms with Gasteiger partial charge < -0.3 is 5.32 Å². The summed E-state index contributed by atoms with van der Waals surface area (Å²) in [6.45, 7) is 0.448. The Kier molecular flexibility index (Phi) is 5.56. The summed E-state index contributed by atoms with van der Waals surface area (Å²) in [4.78, 5) is 12.6. The van der Waals surface area contributed by atoms with Gasteiger partial charge in [-0.3, -0.25) is 0 Å². The van der Waals surface area contributed by atoms with E-state index >= 15 is 0 Å². The molecule has 25 heavy (non-hydrogen) atoms. The summed E-state index contributed by atoms with van der Waals surface area (Å²) < 4.78 is 0. The van der Waals surface area contributed by atoms with E-state index in [0.29, 0.717) is 12.2 Å². The zero-order chi connectivity index (χ0) is 17.3. The number of nitrogens with zero attached hydrogens (tertiary/aromatic N) is 2. The lowest BCUT2D eigenvalue weighted by Crippen LogP contribution is -2.36. The lowest BCUT2D eigenvalue weighted by atomic mass is 10.2. The third-order valence-corrected chi connectivity index (χ3v) is 3.60. The summed E-state index contributed by atoms with van der Waals surface area (Å²) in [6.07, 6.45) is 1.68. The number of carbonyl (C=O) groups is 1. The molecule has 3 aromatic carbocycles. The van der Waals surface area contributed by atoms with Crippen molar-refractivity contribution < 1.29 is 4.79 Å². The van der Waals surface area contributed by atoms with E-state index in [1.807, 2.05) is 91.0 Å². The minimum absolute atomic E-state index is 0.276. The van der Waals surface area contributed by atoms with Gasteiger partial charge >= 0.3 is 6.03 Å². The molecule has 0 unspecified atom stereocenters. The Labute approximate surface area is 147 Å². The predicted octanol–water partition coefficient (Wildman–Crippen LogP) is 4.44. The summed E-state index contributed by atoms with van der Waals surface area (Å²) in [5, 5.41) is 8.65. The first-order valence-electron chi connectivity index (χ1n) is 8.09. The van der Waals surface area contributed by atoms with Gasteiger partial charge in [-0.2, -0.15) is 10.1 Å². The van der Waals surface area contributed by atoms with Gasteiger partial charge in [-0.15, -0.1) is 0 Å². The molecule has 0 aliphatic rings. The topological polar surface area (TPSA) is 44.7 Å². The number of hydrogen-bond donors (Lipinski definition) is 1. The van der Waals surface area contributed by atoms with Gasteiger partial charge in [0, 0.05) is 6.54 Å². The number of anilines is 1. The van der Waals surface area contributed by atoms with E-state index in [2.05, 4.69) is 10.4 Å². The van der Waals surface area contributed by atoms with Crippen molar-refractivity contribution in [2.24, 2.45) is 5.10 Å². The third-order valence-electron chi connectivity index (χ3n) is 3.60. The Morgan fingerprint density at radius 2 is 1.40 bits per heavy atom. The highest BCUT2D eigenvalue weighted by Crippen LogP contribution is 2.14. The molecule has 0 saturated carbocycles. The number of rotatable bonds is 5. The summed E-state index contributed by atoms with van der Waals surface area (Å²) in [5.41, 5.74) is 2.68. The van der Waals surface area contributed by atoms with Crippen molar-refractivity contribution in [1.29, 1.82) is 0 Å². The monoisotopic (exact) mass is 329 g/mol. The van der Waals surface area contributed by atoms with Gasteiger partial charge in [0.05, 0.1) is 11.9 Å². The lowest BCUT2D eigenvalue weighted by Gasteiger charge is -2.18. The molecular weight excluding hydrogens is 310 g/mol. The van der Waals surface area contributed by atoms with Crippen LogP contribution in [-0.2, 0) is 6.54 Å². The highest BCUT2D eigenvalue weighted by Gasteiger charge is 2.13. The van der Waals surface area contributed by atoms with E-state index < -0.39 is 0 Å². The highest BCUT2D eigenvalue weighted by molar-refractivity contribution is 5.93. The zero-order valence-corrected chi connectivity index (χ0v) is 13.7.